The number of carbonyl (C=O) groups excluding carboxylic acids is 2. The molecule has 8 heteroatoms. The molecule has 0 bridgehead atoms. The fourth-order valence-corrected chi connectivity index (χ4v) is 4.70. The number of carbonyl (C=O) groups is 2. The zero-order valence-electron chi connectivity index (χ0n) is 22.0. The first kappa shape index (κ1) is 25.4. The standard InChI is InChI=1S/C30H33N5O3/c1-30(2,3)38-29(37)35-14-6-7-20(19-35)16-32-28(36)22-12-10-21(11-13-22)26-17-31-18-27(34-26)25-15-23-8-4-5-9-24(23)33-25/h4-5,8-13,15,17-18,20,33H,6-7,14,16,19H2,1-3H3,(H,32,36). The van der Waals surface area contributed by atoms with Gasteiger partial charge in [0, 0.05) is 41.7 Å². The van der Waals surface area contributed by atoms with E-state index in [9.17, 15) is 9.59 Å². The molecule has 4 aromatic rings. The van der Waals surface area contributed by atoms with Crippen molar-refractivity contribution in [2.75, 3.05) is 19.6 Å². The van der Waals surface area contributed by atoms with Gasteiger partial charge in [0.2, 0.25) is 0 Å². The summed E-state index contributed by atoms with van der Waals surface area (Å²) >= 11 is 0. The van der Waals surface area contributed by atoms with Gasteiger partial charge < -0.3 is 19.9 Å². The number of ether oxygens (including phenoxy) is 1. The van der Waals surface area contributed by atoms with E-state index in [2.05, 4.69) is 27.4 Å². The summed E-state index contributed by atoms with van der Waals surface area (Å²) in [7, 11) is 0. The average Bonchev–Trinajstić information content (AvgIpc) is 3.36. The van der Waals surface area contributed by atoms with Crippen LogP contribution in [-0.2, 0) is 4.74 Å². The van der Waals surface area contributed by atoms with Crippen molar-refractivity contribution < 1.29 is 14.3 Å². The first-order valence-electron chi connectivity index (χ1n) is 13.0. The van der Waals surface area contributed by atoms with Crippen molar-refractivity contribution in [3.05, 3.63) is 72.6 Å². The first-order valence-corrected chi connectivity index (χ1v) is 13.0. The van der Waals surface area contributed by atoms with Gasteiger partial charge in [-0.2, -0.15) is 0 Å². The normalized spacial score (nSPS) is 15.9. The third-order valence-corrected chi connectivity index (χ3v) is 6.61. The minimum Gasteiger partial charge on any atom is -0.444 e. The van der Waals surface area contributed by atoms with E-state index in [1.807, 2.05) is 51.1 Å². The molecule has 1 aliphatic rings. The second-order valence-corrected chi connectivity index (χ2v) is 10.8. The Kier molecular flexibility index (Phi) is 7.13. The number of amides is 2. The predicted octanol–water partition coefficient (Wildman–Crippen LogP) is 5.67. The highest BCUT2D eigenvalue weighted by Gasteiger charge is 2.27. The van der Waals surface area contributed by atoms with Gasteiger partial charge >= 0.3 is 6.09 Å². The Hall–Kier alpha value is -4.20. The number of nitrogens with one attached hydrogen (secondary N) is 2. The summed E-state index contributed by atoms with van der Waals surface area (Å²) in [5, 5.41) is 4.15. The van der Waals surface area contributed by atoms with Gasteiger partial charge in [0.05, 0.1) is 23.8 Å². The van der Waals surface area contributed by atoms with Gasteiger partial charge in [-0.25, -0.2) is 9.78 Å². The van der Waals surface area contributed by atoms with Crippen LogP contribution in [0.15, 0.2) is 67.0 Å². The number of piperidine rings is 1. The summed E-state index contributed by atoms with van der Waals surface area (Å²) in [6.45, 7) is 7.38. The minimum absolute atomic E-state index is 0.135. The molecule has 38 heavy (non-hydrogen) atoms. The summed E-state index contributed by atoms with van der Waals surface area (Å²) in [5.74, 6) is 0.0611. The number of benzene rings is 2. The molecule has 0 saturated carbocycles. The topological polar surface area (TPSA) is 100 Å². The van der Waals surface area contributed by atoms with Crippen LogP contribution in [0.1, 0.15) is 44.0 Å². The van der Waals surface area contributed by atoms with E-state index in [0.29, 0.717) is 25.2 Å². The van der Waals surface area contributed by atoms with Gasteiger partial charge in [0.25, 0.3) is 5.91 Å². The van der Waals surface area contributed by atoms with Gasteiger partial charge in [-0.1, -0.05) is 30.3 Å². The van der Waals surface area contributed by atoms with Gasteiger partial charge in [-0.15, -0.1) is 0 Å². The Morgan fingerprint density at radius 3 is 2.61 bits per heavy atom. The molecule has 2 aromatic heterocycles. The molecule has 1 atom stereocenters. The maximum Gasteiger partial charge on any atom is 0.410 e. The van der Waals surface area contributed by atoms with Gasteiger partial charge in [-0.3, -0.25) is 9.78 Å². The molecule has 2 aromatic carbocycles. The number of likely N-dealkylation sites (tertiary alicyclic amines) is 1. The van der Waals surface area contributed by atoms with E-state index in [1.165, 1.54) is 0 Å². The fourth-order valence-electron chi connectivity index (χ4n) is 4.70. The van der Waals surface area contributed by atoms with Crippen molar-refractivity contribution in [3.63, 3.8) is 0 Å². The van der Waals surface area contributed by atoms with Crippen molar-refractivity contribution in [1.29, 1.82) is 0 Å². The van der Waals surface area contributed by atoms with Gasteiger partial charge in [0.15, 0.2) is 0 Å². The molecule has 0 radical (unpaired) electrons. The number of para-hydroxylation sites is 1. The molecule has 5 rings (SSSR count). The Bertz CT molecular complexity index is 1410. The van der Waals surface area contributed by atoms with Crippen LogP contribution < -0.4 is 5.32 Å². The predicted molar refractivity (Wildman–Crippen MR) is 148 cm³/mol. The molecular weight excluding hydrogens is 478 g/mol. The minimum atomic E-state index is -0.520. The maximum atomic E-state index is 12.8. The van der Waals surface area contributed by atoms with Crippen LogP contribution >= 0.6 is 0 Å². The summed E-state index contributed by atoms with van der Waals surface area (Å²) in [5.41, 5.74) is 4.39. The number of rotatable bonds is 5. The molecule has 1 unspecified atom stereocenters. The van der Waals surface area contributed by atoms with E-state index in [1.54, 1.807) is 29.4 Å². The zero-order valence-corrected chi connectivity index (χ0v) is 22.0. The van der Waals surface area contributed by atoms with E-state index < -0.39 is 5.60 Å². The molecule has 2 N–H and O–H groups in total. The number of H-pyrrole nitrogens is 1. The van der Waals surface area contributed by atoms with Crippen LogP contribution in [0.4, 0.5) is 4.79 Å². The lowest BCUT2D eigenvalue weighted by Crippen LogP contribution is -2.45. The molecule has 2 amide bonds. The third kappa shape index (κ3) is 6.02. The van der Waals surface area contributed by atoms with Crippen LogP contribution in [-0.4, -0.2) is 57.1 Å². The molecule has 1 saturated heterocycles. The highest BCUT2D eigenvalue weighted by molar-refractivity contribution is 5.94. The van der Waals surface area contributed by atoms with Crippen molar-refractivity contribution >= 4 is 22.9 Å². The largest absolute Gasteiger partial charge is 0.444 e. The number of hydrogen-bond acceptors (Lipinski definition) is 5. The fraction of sp³-hybridized carbons (Fsp3) is 0.333. The van der Waals surface area contributed by atoms with Crippen molar-refractivity contribution in [2.45, 2.75) is 39.2 Å². The maximum absolute atomic E-state index is 12.8. The monoisotopic (exact) mass is 511 g/mol. The molecule has 1 fully saturated rings. The van der Waals surface area contributed by atoms with Crippen LogP contribution in [0.25, 0.3) is 33.5 Å². The van der Waals surface area contributed by atoms with Crippen molar-refractivity contribution in [1.82, 2.24) is 25.2 Å². The number of hydrogen-bond donors (Lipinski definition) is 2. The molecule has 1 aliphatic heterocycles. The molecule has 8 nitrogen and oxygen atoms in total. The molecule has 0 aliphatic carbocycles. The SMILES string of the molecule is CC(C)(C)OC(=O)N1CCCC(CNC(=O)c2ccc(-c3cncc(-c4cc5ccccc5[nH]4)n3)cc2)C1. The van der Waals surface area contributed by atoms with Crippen LogP contribution in [0, 0.1) is 5.92 Å². The third-order valence-electron chi connectivity index (χ3n) is 6.61. The van der Waals surface area contributed by atoms with E-state index in [-0.39, 0.29) is 17.9 Å². The van der Waals surface area contributed by atoms with Crippen LogP contribution in [0.2, 0.25) is 0 Å². The number of fused-ring (bicyclic) bond motifs is 1. The highest BCUT2D eigenvalue weighted by Crippen LogP contribution is 2.25. The van der Waals surface area contributed by atoms with Crippen molar-refractivity contribution in [2.24, 2.45) is 5.92 Å². The average molecular weight is 512 g/mol. The second-order valence-electron chi connectivity index (χ2n) is 10.8. The quantitative estimate of drug-likeness (QED) is 0.360. The number of aromatic nitrogens is 3. The lowest BCUT2D eigenvalue weighted by Gasteiger charge is -2.34. The molecule has 196 valence electrons. The smallest absolute Gasteiger partial charge is 0.410 e. The van der Waals surface area contributed by atoms with Crippen LogP contribution in [0.3, 0.4) is 0 Å². The lowest BCUT2D eigenvalue weighted by atomic mass is 9.98. The Morgan fingerprint density at radius 2 is 1.84 bits per heavy atom. The van der Waals surface area contributed by atoms with Gasteiger partial charge in [-0.05, 0) is 63.8 Å². The lowest BCUT2D eigenvalue weighted by molar-refractivity contribution is 0.0167. The Labute approximate surface area is 222 Å². The van der Waals surface area contributed by atoms with E-state index in [4.69, 9.17) is 9.72 Å². The Balaban J connectivity index is 1.20. The zero-order chi connectivity index (χ0) is 26.7. The van der Waals surface area contributed by atoms with Gasteiger partial charge in [0.1, 0.15) is 11.3 Å². The first-order chi connectivity index (χ1) is 18.2. The van der Waals surface area contributed by atoms with E-state index >= 15 is 0 Å². The van der Waals surface area contributed by atoms with Crippen molar-refractivity contribution in [3.8, 4) is 22.6 Å². The summed E-state index contributed by atoms with van der Waals surface area (Å²) in [4.78, 5) is 39.5. The summed E-state index contributed by atoms with van der Waals surface area (Å²) < 4.78 is 5.50. The Morgan fingerprint density at radius 1 is 1.08 bits per heavy atom. The summed E-state index contributed by atoms with van der Waals surface area (Å²) in [6.07, 6.45) is 5.03. The number of nitrogens with zero attached hydrogens (tertiary/aromatic N) is 3. The van der Waals surface area contributed by atoms with E-state index in [0.717, 1.165) is 46.4 Å². The molecule has 3 heterocycles. The molecular formula is C30H33N5O3. The highest BCUT2D eigenvalue weighted by atomic mass is 16.6. The molecule has 0 spiro atoms. The number of aromatic amines is 1. The second kappa shape index (κ2) is 10.7. The summed E-state index contributed by atoms with van der Waals surface area (Å²) in [6, 6.07) is 17.5. The van der Waals surface area contributed by atoms with Crippen LogP contribution in [0.5, 0.6) is 0 Å².